The lowest BCUT2D eigenvalue weighted by Gasteiger charge is -2.34. The molecule has 29 heavy (non-hydrogen) atoms. The van der Waals surface area contributed by atoms with Crippen LogP contribution in [-0.2, 0) is 11.2 Å². The van der Waals surface area contributed by atoms with E-state index in [4.69, 9.17) is 14.5 Å². The monoisotopic (exact) mass is 385 g/mol. The van der Waals surface area contributed by atoms with Crippen LogP contribution in [0, 0.1) is 0 Å². The summed E-state index contributed by atoms with van der Waals surface area (Å²) in [4.78, 5) is 24.7. The van der Waals surface area contributed by atoms with Crippen molar-refractivity contribution in [3.8, 4) is 11.4 Å². The average Bonchev–Trinajstić information content (AvgIpc) is 3.48. The van der Waals surface area contributed by atoms with Gasteiger partial charge in [-0.25, -0.2) is 14.6 Å². The van der Waals surface area contributed by atoms with Gasteiger partial charge in [0.15, 0.2) is 23.1 Å². The van der Waals surface area contributed by atoms with Gasteiger partial charge in [0.25, 0.3) is 0 Å². The number of hydrogen-bond donors (Lipinski definition) is 0. The van der Waals surface area contributed by atoms with Crippen LogP contribution in [0.3, 0.4) is 0 Å². The molecule has 7 nitrogen and oxygen atoms in total. The minimum absolute atomic E-state index is 0.00680. The molecule has 2 aromatic heterocycles. The molecule has 144 valence electrons. The molecule has 0 aliphatic carbocycles. The number of amides is 1. The van der Waals surface area contributed by atoms with E-state index in [9.17, 15) is 4.79 Å². The van der Waals surface area contributed by atoms with E-state index < -0.39 is 6.04 Å². The normalized spacial score (nSPS) is 20.8. The first-order valence-electron chi connectivity index (χ1n) is 9.95. The van der Waals surface area contributed by atoms with E-state index in [0.29, 0.717) is 18.1 Å². The number of carbonyl (C=O) groups is 1. The Balaban J connectivity index is 1.44. The van der Waals surface area contributed by atoms with Gasteiger partial charge in [0.1, 0.15) is 11.6 Å². The number of para-hydroxylation sites is 2. The van der Waals surface area contributed by atoms with E-state index in [0.717, 1.165) is 41.9 Å². The van der Waals surface area contributed by atoms with Gasteiger partial charge in [-0.3, -0.25) is 4.79 Å². The van der Waals surface area contributed by atoms with Gasteiger partial charge in [-0.15, -0.1) is 5.10 Å². The van der Waals surface area contributed by atoms with E-state index in [1.54, 1.807) is 0 Å². The summed E-state index contributed by atoms with van der Waals surface area (Å²) in [5.41, 5.74) is 2.48. The fraction of sp³-hybridized carbons (Fsp3) is 0.273. The van der Waals surface area contributed by atoms with Crippen LogP contribution in [0.2, 0.25) is 0 Å². The highest BCUT2D eigenvalue weighted by Gasteiger charge is 2.44. The van der Waals surface area contributed by atoms with Crippen molar-refractivity contribution in [2.75, 3.05) is 6.54 Å². The molecule has 2 atom stereocenters. The molecule has 7 heteroatoms. The highest BCUT2D eigenvalue weighted by Crippen LogP contribution is 2.39. The molecule has 0 bridgehead atoms. The maximum absolute atomic E-state index is 13.3. The third-order valence-corrected chi connectivity index (χ3v) is 5.81. The predicted octanol–water partition coefficient (Wildman–Crippen LogP) is 3.55. The second kappa shape index (κ2) is 6.27. The van der Waals surface area contributed by atoms with Crippen molar-refractivity contribution in [3.63, 3.8) is 0 Å². The minimum Gasteiger partial charge on any atom is -0.441 e. The molecular weight excluding hydrogens is 366 g/mol. The van der Waals surface area contributed by atoms with Crippen molar-refractivity contribution in [2.45, 2.75) is 31.3 Å². The molecule has 4 aromatic rings. The zero-order chi connectivity index (χ0) is 19.4. The lowest BCUT2D eigenvalue weighted by Crippen LogP contribution is -2.44. The Bertz CT molecular complexity index is 1180. The van der Waals surface area contributed by atoms with E-state index >= 15 is 0 Å². The summed E-state index contributed by atoms with van der Waals surface area (Å²) in [5.74, 6) is 2.14. The van der Waals surface area contributed by atoms with E-state index in [1.807, 2.05) is 64.2 Å². The Morgan fingerprint density at radius 3 is 2.72 bits per heavy atom. The molecule has 4 heterocycles. The maximum Gasteiger partial charge on any atom is 0.248 e. The Morgan fingerprint density at radius 2 is 1.86 bits per heavy atom. The van der Waals surface area contributed by atoms with Gasteiger partial charge >= 0.3 is 0 Å². The molecule has 6 rings (SSSR count). The lowest BCUT2D eigenvalue weighted by molar-refractivity contribution is -0.138. The number of hydrogen-bond acceptors (Lipinski definition) is 5. The number of benzene rings is 2. The van der Waals surface area contributed by atoms with Crippen LogP contribution in [0.4, 0.5) is 0 Å². The third-order valence-electron chi connectivity index (χ3n) is 5.81. The number of rotatable bonds is 3. The largest absolute Gasteiger partial charge is 0.441 e. The Kier molecular flexibility index (Phi) is 3.56. The number of aromatic nitrogens is 4. The smallest absolute Gasteiger partial charge is 0.248 e. The molecule has 1 fully saturated rings. The average molecular weight is 385 g/mol. The number of nitrogens with zero attached hydrogens (tertiary/aromatic N) is 5. The molecular formula is C22H19N5O2. The van der Waals surface area contributed by atoms with Crippen molar-refractivity contribution in [1.82, 2.24) is 24.6 Å². The van der Waals surface area contributed by atoms with Crippen LogP contribution in [-0.4, -0.2) is 37.1 Å². The van der Waals surface area contributed by atoms with Crippen LogP contribution < -0.4 is 0 Å². The first-order chi connectivity index (χ1) is 14.3. The second-order valence-corrected chi connectivity index (χ2v) is 7.59. The van der Waals surface area contributed by atoms with Crippen molar-refractivity contribution < 1.29 is 9.21 Å². The van der Waals surface area contributed by atoms with Crippen molar-refractivity contribution in [3.05, 3.63) is 66.3 Å². The van der Waals surface area contributed by atoms with Crippen LogP contribution in [0.25, 0.3) is 22.5 Å². The zero-order valence-corrected chi connectivity index (χ0v) is 15.7. The highest BCUT2D eigenvalue weighted by atomic mass is 16.3. The van der Waals surface area contributed by atoms with Crippen molar-refractivity contribution in [2.24, 2.45) is 0 Å². The topological polar surface area (TPSA) is 77.0 Å². The molecule has 1 saturated heterocycles. The van der Waals surface area contributed by atoms with Gasteiger partial charge in [-0.05, 0) is 25.0 Å². The lowest BCUT2D eigenvalue weighted by atomic mass is 10.1. The molecule has 0 spiro atoms. The summed E-state index contributed by atoms with van der Waals surface area (Å²) in [6.07, 6.45) is 2.27. The van der Waals surface area contributed by atoms with Gasteiger partial charge in [-0.1, -0.05) is 42.5 Å². The van der Waals surface area contributed by atoms with Gasteiger partial charge in [-0.2, -0.15) is 0 Å². The predicted molar refractivity (Wildman–Crippen MR) is 106 cm³/mol. The summed E-state index contributed by atoms with van der Waals surface area (Å²) in [5, 5.41) is 4.75. The van der Waals surface area contributed by atoms with Crippen LogP contribution in [0.15, 0.2) is 59.0 Å². The standard InChI is InChI=1S/C22H19N5O2/c28-22-17(13-19-23-15-9-4-5-11-18(15)29-19)27-21(16-10-6-12-26(16)22)24-20(25-27)14-7-2-1-3-8-14/h1-5,7-9,11,16-17H,6,10,12-13H2/t16-,17+/m0/s1. The van der Waals surface area contributed by atoms with Crippen molar-refractivity contribution in [1.29, 1.82) is 0 Å². The zero-order valence-electron chi connectivity index (χ0n) is 15.7. The van der Waals surface area contributed by atoms with E-state index in [1.165, 1.54) is 0 Å². The molecule has 0 unspecified atom stereocenters. The summed E-state index contributed by atoms with van der Waals surface area (Å²) in [7, 11) is 0. The Hall–Kier alpha value is -3.48. The molecule has 2 aliphatic heterocycles. The third kappa shape index (κ3) is 2.57. The summed E-state index contributed by atoms with van der Waals surface area (Å²) in [6.45, 7) is 0.765. The summed E-state index contributed by atoms with van der Waals surface area (Å²) < 4.78 is 7.71. The van der Waals surface area contributed by atoms with Crippen LogP contribution >= 0.6 is 0 Å². The van der Waals surface area contributed by atoms with Gasteiger partial charge in [0.2, 0.25) is 5.91 Å². The first kappa shape index (κ1) is 16.5. The fourth-order valence-corrected chi connectivity index (χ4v) is 4.44. The first-order valence-corrected chi connectivity index (χ1v) is 9.95. The Morgan fingerprint density at radius 1 is 1.03 bits per heavy atom. The maximum atomic E-state index is 13.3. The quantitative estimate of drug-likeness (QED) is 0.539. The Labute approximate surface area is 167 Å². The van der Waals surface area contributed by atoms with Crippen LogP contribution in [0.5, 0.6) is 0 Å². The number of fused-ring (bicyclic) bond motifs is 4. The van der Waals surface area contributed by atoms with Crippen LogP contribution in [0.1, 0.15) is 36.6 Å². The molecule has 0 N–H and O–H groups in total. The van der Waals surface area contributed by atoms with E-state index in [-0.39, 0.29) is 11.9 Å². The summed E-state index contributed by atoms with van der Waals surface area (Å²) >= 11 is 0. The molecule has 0 saturated carbocycles. The molecule has 0 radical (unpaired) electrons. The highest BCUT2D eigenvalue weighted by molar-refractivity contribution is 5.83. The second-order valence-electron chi connectivity index (χ2n) is 7.59. The molecule has 2 aliphatic rings. The fourth-order valence-electron chi connectivity index (χ4n) is 4.44. The minimum atomic E-state index is -0.489. The van der Waals surface area contributed by atoms with Crippen molar-refractivity contribution >= 4 is 17.0 Å². The molecule has 2 aromatic carbocycles. The van der Waals surface area contributed by atoms with Gasteiger partial charge in [0.05, 0.1) is 12.5 Å². The van der Waals surface area contributed by atoms with Gasteiger partial charge < -0.3 is 9.32 Å². The molecule has 1 amide bonds. The number of oxazole rings is 1. The van der Waals surface area contributed by atoms with E-state index in [2.05, 4.69) is 4.98 Å². The SMILES string of the molecule is O=C1[C@@H](Cc2nc3ccccc3o2)n2nc(-c3ccccc3)nc2[C@@H]2CCCN12. The van der Waals surface area contributed by atoms with Gasteiger partial charge in [0, 0.05) is 12.1 Å². The summed E-state index contributed by atoms with van der Waals surface area (Å²) in [6, 6.07) is 17.1. The number of carbonyl (C=O) groups excluding carboxylic acids is 1.